The van der Waals surface area contributed by atoms with Crippen molar-refractivity contribution in [3.8, 4) is 0 Å². The van der Waals surface area contributed by atoms with Crippen molar-refractivity contribution in [1.82, 2.24) is 4.98 Å². The topological polar surface area (TPSA) is 36.0 Å². The van der Waals surface area contributed by atoms with E-state index in [1.165, 1.54) is 5.56 Å². The lowest BCUT2D eigenvalue weighted by molar-refractivity contribution is 0.231. The van der Waals surface area contributed by atoms with Gasteiger partial charge in [-0.2, -0.15) is 0 Å². The van der Waals surface area contributed by atoms with E-state index >= 15 is 0 Å². The van der Waals surface area contributed by atoms with Crippen LogP contribution in [0.15, 0.2) is 18.5 Å². The maximum absolute atomic E-state index is 9.35. The van der Waals surface area contributed by atoms with Gasteiger partial charge in [0.2, 0.25) is 0 Å². The van der Waals surface area contributed by atoms with Crippen molar-refractivity contribution in [1.29, 1.82) is 0 Å². The van der Waals surface area contributed by atoms with E-state index in [0.717, 1.165) is 6.42 Å². The molecule has 2 rings (SSSR count). The molecule has 1 aromatic heterocycles. The van der Waals surface area contributed by atoms with Crippen LogP contribution >= 0.6 is 0 Å². The number of aliphatic hydroxyl groups is 1. The first-order chi connectivity index (χ1) is 5.62. The Morgan fingerprint density at radius 2 is 2.25 bits per heavy atom. The average Bonchev–Trinajstić information content (AvgIpc) is 2.52. The second-order valence-electron chi connectivity index (χ2n) is 4.40. The molecule has 0 spiro atoms. The summed E-state index contributed by atoms with van der Waals surface area (Å²) in [6, 6.07) is 2.06. The molecule has 0 bridgehead atoms. The van der Waals surface area contributed by atoms with Crippen molar-refractivity contribution in [3.05, 3.63) is 24.0 Å². The zero-order chi connectivity index (χ0) is 8.82. The van der Waals surface area contributed by atoms with Gasteiger partial charge in [-0.15, -0.1) is 0 Å². The Kier molecular flexibility index (Phi) is 1.40. The van der Waals surface area contributed by atoms with Crippen LogP contribution in [0.25, 0.3) is 0 Å². The number of hydrogen-bond donors (Lipinski definition) is 2. The van der Waals surface area contributed by atoms with Gasteiger partial charge in [-0.3, -0.25) is 0 Å². The third kappa shape index (κ3) is 0.787. The van der Waals surface area contributed by atoms with Crippen LogP contribution in [0.1, 0.15) is 25.8 Å². The molecule has 2 N–H and O–H groups in total. The van der Waals surface area contributed by atoms with E-state index in [2.05, 4.69) is 24.9 Å². The SMILES string of the molecule is CC1(C)CC1(CO)c1cc[nH]c1. The van der Waals surface area contributed by atoms with E-state index in [0.29, 0.717) is 0 Å². The zero-order valence-corrected chi connectivity index (χ0v) is 7.59. The molecule has 0 radical (unpaired) electrons. The minimum atomic E-state index is 0.0347. The van der Waals surface area contributed by atoms with Crippen molar-refractivity contribution in [3.63, 3.8) is 0 Å². The van der Waals surface area contributed by atoms with Gasteiger partial charge in [-0.25, -0.2) is 0 Å². The summed E-state index contributed by atoms with van der Waals surface area (Å²) in [6.45, 7) is 4.67. The summed E-state index contributed by atoms with van der Waals surface area (Å²) < 4.78 is 0. The first-order valence-corrected chi connectivity index (χ1v) is 4.36. The minimum absolute atomic E-state index is 0.0347. The Hall–Kier alpha value is -0.760. The van der Waals surface area contributed by atoms with Crippen molar-refractivity contribution >= 4 is 0 Å². The Labute approximate surface area is 72.6 Å². The van der Waals surface area contributed by atoms with Crippen LogP contribution in [0.2, 0.25) is 0 Å². The molecule has 1 unspecified atom stereocenters. The highest BCUT2D eigenvalue weighted by molar-refractivity contribution is 5.35. The van der Waals surface area contributed by atoms with Gasteiger partial charge in [0.25, 0.3) is 0 Å². The van der Waals surface area contributed by atoms with Crippen LogP contribution in [0.5, 0.6) is 0 Å². The second kappa shape index (κ2) is 2.13. The van der Waals surface area contributed by atoms with Gasteiger partial charge in [0.15, 0.2) is 0 Å². The molecule has 0 aliphatic heterocycles. The molecule has 1 heterocycles. The number of H-pyrrole nitrogens is 1. The van der Waals surface area contributed by atoms with E-state index in [-0.39, 0.29) is 17.4 Å². The van der Waals surface area contributed by atoms with Crippen LogP contribution in [-0.2, 0) is 5.41 Å². The lowest BCUT2D eigenvalue weighted by Crippen LogP contribution is -2.18. The van der Waals surface area contributed by atoms with Gasteiger partial charge in [-0.1, -0.05) is 13.8 Å². The lowest BCUT2D eigenvalue weighted by Gasteiger charge is -2.15. The maximum Gasteiger partial charge on any atom is 0.0533 e. The molecule has 2 nitrogen and oxygen atoms in total. The summed E-state index contributed by atoms with van der Waals surface area (Å²) in [7, 11) is 0. The molecule has 1 aliphatic rings. The molecule has 1 saturated carbocycles. The predicted molar refractivity (Wildman–Crippen MR) is 48.0 cm³/mol. The van der Waals surface area contributed by atoms with Gasteiger partial charge in [-0.05, 0) is 23.5 Å². The number of hydrogen-bond acceptors (Lipinski definition) is 1. The van der Waals surface area contributed by atoms with Gasteiger partial charge < -0.3 is 10.1 Å². The summed E-state index contributed by atoms with van der Waals surface area (Å²) >= 11 is 0. The average molecular weight is 165 g/mol. The summed E-state index contributed by atoms with van der Waals surface area (Å²) in [5.41, 5.74) is 1.55. The van der Waals surface area contributed by atoms with Gasteiger partial charge in [0.1, 0.15) is 0 Å². The number of aromatic nitrogens is 1. The summed E-state index contributed by atoms with van der Waals surface area (Å²) in [4.78, 5) is 3.04. The Morgan fingerprint density at radius 3 is 2.58 bits per heavy atom. The van der Waals surface area contributed by atoms with Crippen LogP contribution in [0, 0.1) is 5.41 Å². The Morgan fingerprint density at radius 1 is 1.58 bits per heavy atom. The van der Waals surface area contributed by atoms with Crippen molar-refractivity contribution in [2.24, 2.45) is 5.41 Å². The van der Waals surface area contributed by atoms with Gasteiger partial charge >= 0.3 is 0 Å². The molecule has 66 valence electrons. The van der Waals surface area contributed by atoms with Crippen molar-refractivity contribution < 1.29 is 5.11 Å². The molecular formula is C10H15NO. The van der Waals surface area contributed by atoms with Crippen molar-refractivity contribution in [2.45, 2.75) is 25.7 Å². The van der Waals surface area contributed by atoms with E-state index in [4.69, 9.17) is 0 Å². The first kappa shape index (κ1) is 7.87. The first-order valence-electron chi connectivity index (χ1n) is 4.36. The molecule has 0 amide bonds. The molecule has 1 aliphatic carbocycles. The smallest absolute Gasteiger partial charge is 0.0533 e. The van der Waals surface area contributed by atoms with Crippen LogP contribution in [0.4, 0.5) is 0 Å². The van der Waals surface area contributed by atoms with Gasteiger partial charge in [0, 0.05) is 17.8 Å². The fraction of sp³-hybridized carbons (Fsp3) is 0.600. The predicted octanol–water partition coefficient (Wildman–Crippen LogP) is 1.67. The zero-order valence-electron chi connectivity index (χ0n) is 7.59. The fourth-order valence-corrected chi connectivity index (χ4v) is 2.19. The minimum Gasteiger partial charge on any atom is -0.395 e. The largest absolute Gasteiger partial charge is 0.395 e. The summed E-state index contributed by atoms with van der Waals surface area (Å²) in [5, 5.41) is 9.35. The number of aliphatic hydroxyl groups excluding tert-OH is 1. The van der Waals surface area contributed by atoms with E-state index in [9.17, 15) is 5.11 Å². The van der Waals surface area contributed by atoms with Crippen LogP contribution in [-0.4, -0.2) is 16.7 Å². The molecule has 0 aromatic carbocycles. The molecule has 2 heteroatoms. The fourth-order valence-electron chi connectivity index (χ4n) is 2.19. The Bertz CT molecular complexity index is 276. The lowest BCUT2D eigenvalue weighted by atomic mass is 9.91. The van der Waals surface area contributed by atoms with Crippen LogP contribution < -0.4 is 0 Å². The normalized spacial score (nSPS) is 31.9. The Balaban J connectivity index is 2.34. The third-order valence-corrected chi connectivity index (χ3v) is 3.33. The number of rotatable bonds is 2. The molecule has 1 atom stereocenters. The summed E-state index contributed by atoms with van der Waals surface area (Å²) in [6.07, 6.45) is 5.00. The highest BCUT2D eigenvalue weighted by Gasteiger charge is 2.61. The standard InChI is InChI=1S/C10H15NO/c1-9(2)6-10(9,7-12)8-3-4-11-5-8/h3-5,11-12H,6-7H2,1-2H3. The molecule has 1 aromatic rings. The van der Waals surface area contributed by atoms with Gasteiger partial charge in [0.05, 0.1) is 6.61 Å². The van der Waals surface area contributed by atoms with E-state index < -0.39 is 0 Å². The van der Waals surface area contributed by atoms with E-state index in [1.807, 2.05) is 12.4 Å². The number of nitrogens with one attached hydrogen (secondary N) is 1. The molecule has 0 saturated heterocycles. The van der Waals surface area contributed by atoms with Crippen LogP contribution in [0.3, 0.4) is 0 Å². The molecule has 12 heavy (non-hydrogen) atoms. The molecule has 1 fully saturated rings. The van der Waals surface area contributed by atoms with Crippen molar-refractivity contribution in [2.75, 3.05) is 6.61 Å². The maximum atomic E-state index is 9.35. The second-order valence-corrected chi connectivity index (χ2v) is 4.40. The summed E-state index contributed by atoms with van der Waals surface area (Å²) in [5.74, 6) is 0. The third-order valence-electron chi connectivity index (χ3n) is 3.33. The monoisotopic (exact) mass is 165 g/mol. The highest BCUT2D eigenvalue weighted by Crippen LogP contribution is 2.63. The molecular weight excluding hydrogens is 150 g/mol. The number of aromatic amines is 1. The van der Waals surface area contributed by atoms with E-state index in [1.54, 1.807) is 0 Å². The highest BCUT2D eigenvalue weighted by atomic mass is 16.3. The quantitative estimate of drug-likeness (QED) is 0.687.